The molecular formula is C11H26N2O2S. The highest BCUT2D eigenvalue weighted by Gasteiger charge is 2.21. The molecule has 16 heavy (non-hydrogen) atoms. The third-order valence-corrected chi connectivity index (χ3v) is 4.52. The molecule has 2 N–H and O–H groups in total. The Hall–Kier alpha value is -0.130. The van der Waals surface area contributed by atoms with Gasteiger partial charge in [-0.1, -0.05) is 26.7 Å². The van der Waals surface area contributed by atoms with Gasteiger partial charge in [-0.25, -0.2) is 13.1 Å². The van der Waals surface area contributed by atoms with Gasteiger partial charge in [0.1, 0.15) is 0 Å². The summed E-state index contributed by atoms with van der Waals surface area (Å²) >= 11 is 0. The van der Waals surface area contributed by atoms with Crippen molar-refractivity contribution >= 4 is 10.0 Å². The van der Waals surface area contributed by atoms with Gasteiger partial charge in [0.25, 0.3) is 0 Å². The van der Waals surface area contributed by atoms with Crippen LogP contribution in [0.1, 0.15) is 47.0 Å². The molecule has 0 aliphatic rings. The molecule has 2 unspecified atom stereocenters. The first-order chi connectivity index (χ1) is 7.44. The molecule has 98 valence electrons. The van der Waals surface area contributed by atoms with Crippen LogP contribution in [0.5, 0.6) is 0 Å². The molecule has 0 saturated heterocycles. The predicted molar refractivity (Wildman–Crippen MR) is 69.0 cm³/mol. The standard InChI is InChI=1S/C11H26N2O2S/c1-5-7-8-10(3)13-16(14,15)11(4)9-12-6-2/h10-13H,5-9H2,1-4H3. The van der Waals surface area contributed by atoms with Crippen molar-refractivity contribution in [2.24, 2.45) is 0 Å². The minimum absolute atomic E-state index is 0.0361. The number of rotatable bonds is 9. The normalized spacial score (nSPS) is 16.0. The van der Waals surface area contributed by atoms with E-state index in [-0.39, 0.29) is 11.3 Å². The van der Waals surface area contributed by atoms with Crippen molar-refractivity contribution < 1.29 is 8.42 Å². The van der Waals surface area contributed by atoms with Crippen LogP contribution in [0.2, 0.25) is 0 Å². The summed E-state index contributed by atoms with van der Waals surface area (Å²) in [6.07, 6.45) is 3.06. The molecule has 0 radical (unpaired) electrons. The highest BCUT2D eigenvalue weighted by atomic mass is 32.2. The summed E-state index contributed by atoms with van der Waals surface area (Å²) in [6.45, 7) is 9.04. The quantitative estimate of drug-likeness (QED) is 0.652. The summed E-state index contributed by atoms with van der Waals surface area (Å²) in [5.41, 5.74) is 0. The first kappa shape index (κ1) is 15.9. The summed E-state index contributed by atoms with van der Waals surface area (Å²) in [4.78, 5) is 0. The van der Waals surface area contributed by atoms with Crippen molar-refractivity contribution in [2.45, 2.75) is 58.2 Å². The third kappa shape index (κ3) is 6.45. The smallest absolute Gasteiger partial charge is 0.215 e. The van der Waals surface area contributed by atoms with Gasteiger partial charge in [-0.3, -0.25) is 0 Å². The zero-order chi connectivity index (χ0) is 12.6. The Morgan fingerprint density at radius 1 is 1.19 bits per heavy atom. The lowest BCUT2D eigenvalue weighted by molar-refractivity contribution is 0.521. The van der Waals surface area contributed by atoms with Crippen LogP contribution < -0.4 is 10.0 Å². The third-order valence-electron chi connectivity index (χ3n) is 2.57. The van der Waals surface area contributed by atoms with Crippen LogP contribution in [0.3, 0.4) is 0 Å². The topological polar surface area (TPSA) is 58.2 Å². The maximum absolute atomic E-state index is 11.9. The fraction of sp³-hybridized carbons (Fsp3) is 1.00. The number of sulfonamides is 1. The highest BCUT2D eigenvalue weighted by Crippen LogP contribution is 2.04. The molecule has 5 heteroatoms. The molecule has 0 aliphatic heterocycles. The monoisotopic (exact) mass is 250 g/mol. The molecule has 0 aromatic heterocycles. The van der Waals surface area contributed by atoms with E-state index in [1.165, 1.54) is 0 Å². The molecule has 0 amide bonds. The molecule has 0 aromatic rings. The molecule has 4 nitrogen and oxygen atoms in total. The van der Waals surface area contributed by atoms with E-state index in [2.05, 4.69) is 17.0 Å². The summed E-state index contributed by atoms with van der Waals surface area (Å²) in [5.74, 6) is 0. The van der Waals surface area contributed by atoms with Crippen molar-refractivity contribution in [3.05, 3.63) is 0 Å². The zero-order valence-electron chi connectivity index (χ0n) is 10.9. The van der Waals surface area contributed by atoms with Crippen molar-refractivity contribution in [3.8, 4) is 0 Å². The molecule has 0 spiro atoms. The Labute approximate surface area is 100 Å². The molecule has 0 bridgehead atoms. The molecule has 0 saturated carbocycles. The van der Waals surface area contributed by atoms with Crippen molar-refractivity contribution in [3.63, 3.8) is 0 Å². The maximum Gasteiger partial charge on any atom is 0.215 e. The van der Waals surface area contributed by atoms with Gasteiger partial charge < -0.3 is 5.32 Å². The van der Waals surface area contributed by atoms with Crippen molar-refractivity contribution in [1.29, 1.82) is 0 Å². The van der Waals surface area contributed by atoms with Gasteiger partial charge in [0, 0.05) is 12.6 Å². The van der Waals surface area contributed by atoms with Gasteiger partial charge in [0.2, 0.25) is 10.0 Å². The summed E-state index contributed by atoms with van der Waals surface area (Å²) in [7, 11) is -3.17. The van der Waals surface area contributed by atoms with Crippen LogP contribution >= 0.6 is 0 Å². The molecule has 2 atom stereocenters. The van der Waals surface area contributed by atoms with Crippen LogP contribution in [0.4, 0.5) is 0 Å². The molecule has 0 aliphatic carbocycles. The summed E-state index contributed by atoms with van der Waals surface area (Å²) in [5, 5.41) is 2.67. The molecule has 0 rings (SSSR count). The van der Waals surface area contributed by atoms with Gasteiger partial charge in [-0.05, 0) is 26.8 Å². The van der Waals surface area contributed by atoms with E-state index in [4.69, 9.17) is 0 Å². The fourth-order valence-electron chi connectivity index (χ4n) is 1.42. The van der Waals surface area contributed by atoms with Gasteiger partial charge in [0.15, 0.2) is 0 Å². The Balaban J connectivity index is 4.11. The Morgan fingerprint density at radius 3 is 2.31 bits per heavy atom. The fourth-order valence-corrected chi connectivity index (χ4v) is 2.67. The van der Waals surface area contributed by atoms with Gasteiger partial charge in [0.05, 0.1) is 5.25 Å². The lowest BCUT2D eigenvalue weighted by Gasteiger charge is -2.18. The van der Waals surface area contributed by atoms with E-state index in [1.807, 2.05) is 13.8 Å². The first-order valence-corrected chi connectivity index (χ1v) is 7.70. The van der Waals surface area contributed by atoms with E-state index in [0.29, 0.717) is 6.54 Å². The Bertz CT molecular complexity index is 265. The number of hydrogen-bond donors (Lipinski definition) is 2. The lowest BCUT2D eigenvalue weighted by Crippen LogP contribution is -2.42. The first-order valence-electron chi connectivity index (χ1n) is 6.15. The molecule has 0 heterocycles. The van der Waals surface area contributed by atoms with E-state index in [1.54, 1.807) is 6.92 Å². The second-order valence-corrected chi connectivity index (χ2v) is 6.45. The summed E-state index contributed by atoms with van der Waals surface area (Å²) < 4.78 is 26.4. The average molecular weight is 250 g/mol. The van der Waals surface area contributed by atoms with E-state index < -0.39 is 10.0 Å². The van der Waals surface area contributed by atoms with Crippen LogP contribution in [0, 0.1) is 0 Å². The van der Waals surface area contributed by atoms with Crippen LogP contribution in [0.15, 0.2) is 0 Å². The lowest BCUT2D eigenvalue weighted by atomic mass is 10.2. The summed E-state index contributed by atoms with van der Waals surface area (Å²) in [6, 6.07) is 0.0361. The molecular weight excluding hydrogens is 224 g/mol. The molecule has 0 fully saturated rings. The molecule has 0 aromatic carbocycles. The second-order valence-electron chi connectivity index (χ2n) is 4.32. The zero-order valence-corrected chi connectivity index (χ0v) is 11.7. The van der Waals surface area contributed by atoms with E-state index in [9.17, 15) is 8.42 Å². The minimum Gasteiger partial charge on any atom is -0.316 e. The van der Waals surface area contributed by atoms with Crippen LogP contribution in [-0.4, -0.2) is 32.8 Å². The van der Waals surface area contributed by atoms with E-state index in [0.717, 1.165) is 25.8 Å². The van der Waals surface area contributed by atoms with Crippen molar-refractivity contribution in [1.82, 2.24) is 10.0 Å². The van der Waals surface area contributed by atoms with Crippen LogP contribution in [0.25, 0.3) is 0 Å². The number of unbranched alkanes of at least 4 members (excludes halogenated alkanes) is 1. The van der Waals surface area contributed by atoms with E-state index >= 15 is 0 Å². The second kappa shape index (κ2) is 8.03. The maximum atomic E-state index is 11.9. The van der Waals surface area contributed by atoms with Gasteiger partial charge in [-0.2, -0.15) is 0 Å². The van der Waals surface area contributed by atoms with Gasteiger partial charge >= 0.3 is 0 Å². The highest BCUT2D eigenvalue weighted by molar-refractivity contribution is 7.90. The largest absolute Gasteiger partial charge is 0.316 e. The van der Waals surface area contributed by atoms with Gasteiger partial charge in [-0.15, -0.1) is 0 Å². The number of hydrogen-bond acceptors (Lipinski definition) is 3. The number of nitrogens with one attached hydrogen (secondary N) is 2. The SMILES string of the molecule is CCCCC(C)NS(=O)(=O)C(C)CNCC. The Kier molecular flexibility index (Phi) is 7.97. The Morgan fingerprint density at radius 2 is 1.81 bits per heavy atom. The minimum atomic E-state index is -3.17. The predicted octanol–water partition coefficient (Wildman–Crippen LogP) is 1.48. The van der Waals surface area contributed by atoms with Crippen LogP contribution in [-0.2, 0) is 10.0 Å². The average Bonchev–Trinajstić information content (AvgIpc) is 2.22. The van der Waals surface area contributed by atoms with Crippen molar-refractivity contribution in [2.75, 3.05) is 13.1 Å².